The third-order valence-electron chi connectivity index (χ3n) is 2.48. The van der Waals surface area contributed by atoms with Crippen LogP contribution in [0.1, 0.15) is 19.3 Å². The van der Waals surface area contributed by atoms with E-state index in [4.69, 9.17) is 0 Å². The lowest BCUT2D eigenvalue weighted by Gasteiger charge is -2.29. The first kappa shape index (κ1) is 10.0. The predicted molar refractivity (Wildman–Crippen MR) is 47.4 cm³/mol. The first-order valence-electron chi connectivity index (χ1n) is 4.54. The second-order valence-electron chi connectivity index (χ2n) is 3.30. The number of hydrogen-bond donors (Lipinski definition) is 0. The highest BCUT2D eigenvalue weighted by atomic mass is 16.5. The van der Waals surface area contributed by atoms with E-state index in [1.165, 1.54) is 7.11 Å². The molecule has 0 bridgehead atoms. The number of carbonyl (C=O) groups excluding carboxylic acids is 2. The molecule has 1 heterocycles. The minimum absolute atomic E-state index is 0.260. The van der Waals surface area contributed by atoms with Crippen molar-refractivity contribution >= 4 is 12.4 Å². The highest BCUT2D eigenvalue weighted by Gasteiger charge is 2.22. The summed E-state index contributed by atoms with van der Waals surface area (Å²) in [6.07, 6.45) is 3.14. The van der Waals surface area contributed by atoms with Gasteiger partial charge in [-0.2, -0.15) is 0 Å². The van der Waals surface area contributed by atoms with Crippen LogP contribution >= 0.6 is 0 Å². The van der Waals surface area contributed by atoms with Gasteiger partial charge in [0, 0.05) is 19.5 Å². The average Bonchev–Trinajstić information content (AvgIpc) is 2.18. The Kier molecular flexibility index (Phi) is 3.73. The van der Waals surface area contributed by atoms with E-state index in [0.29, 0.717) is 25.4 Å². The fourth-order valence-corrected chi connectivity index (χ4v) is 1.62. The molecule has 0 aromatic rings. The van der Waals surface area contributed by atoms with Crippen LogP contribution in [0, 0.1) is 5.92 Å². The number of rotatable bonds is 2. The number of amides is 1. The summed E-state index contributed by atoms with van der Waals surface area (Å²) in [6, 6.07) is 0. The first-order chi connectivity index (χ1) is 6.27. The predicted octanol–water partition coefficient (Wildman–Crippen LogP) is 1.05. The number of ether oxygens (including phenoxy) is 1. The van der Waals surface area contributed by atoms with E-state index >= 15 is 0 Å². The largest absolute Gasteiger partial charge is 0.453 e. The van der Waals surface area contributed by atoms with Crippen molar-refractivity contribution in [2.45, 2.75) is 19.3 Å². The second kappa shape index (κ2) is 4.84. The zero-order chi connectivity index (χ0) is 9.68. The lowest BCUT2D eigenvalue weighted by atomic mass is 9.94. The van der Waals surface area contributed by atoms with Crippen molar-refractivity contribution in [3.63, 3.8) is 0 Å². The lowest BCUT2D eigenvalue weighted by Crippen LogP contribution is -2.38. The van der Waals surface area contributed by atoms with E-state index in [1.807, 2.05) is 0 Å². The van der Waals surface area contributed by atoms with Gasteiger partial charge < -0.3 is 14.4 Å². The molecule has 74 valence electrons. The molecule has 0 spiro atoms. The maximum Gasteiger partial charge on any atom is 0.409 e. The summed E-state index contributed by atoms with van der Waals surface area (Å²) >= 11 is 0. The maximum absolute atomic E-state index is 11.1. The Bertz CT molecular complexity index is 185. The van der Waals surface area contributed by atoms with Crippen molar-refractivity contribution in [3.8, 4) is 0 Å². The molecule has 0 unspecified atom stereocenters. The highest BCUT2D eigenvalue weighted by Crippen LogP contribution is 2.19. The van der Waals surface area contributed by atoms with Crippen molar-refractivity contribution < 1.29 is 14.3 Å². The normalized spacial score (nSPS) is 18.4. The zero-order valence-electron chi connectivity index (χ0n) is 7.86. The number of carbonyl (C=O) groups is 2. The topological polar surface area (TPSA) is 46.6 Å². The fourth-order valence-electron chi connectivity index (χ4n) is 1.62. The molecule has 0 aromatic carbocycles. The van der Waals surface area contributed by atoms with Crippen molar-refractivity contribution in [1.29, 1.82) is 0 Å². The van der Waals surface area contributed by atoms with Crippen LogP contribution in [0.3, 0.4) is 0 Å². The number of piperidine rings is 1. The summed E-state index contributed by atoms with van der Waals surface area (Å²) in [5.74, 6) is 0.457. The fraction of sp³-hybridized carbons (Fsp3) is 0.778. The molecule has 1 amide bonds. The molecule has 13 heavy (non-hydrogen) atoms. The maximum atomic E-state index is 11.1. The molecule has 1 saturated heterocycles. The van der Waals surface area contributed by atoms with Crippen LogP contribution in [-0.2, 0) is 9.53 Å². The standard InChI is InChI=1S/C9H15NO3/c1-13-9(12)10-5-2-8(3-6-10)4-7-11/h7-8H,2-6H2,1H3. The minimum atomic E-state index is -0.260. The second-order valence-corrected chi connectivity index (χ2v) is 3.30. The van der Waals surface area contributed by atoms with Crippen molar-refractivity contribution in [3.05, 3.63) is 0 Å². The number of likely N-dealkylation sites (tertiary alicyclic amines) is 1. The number of hydrogen-bond acceptors (Lipinski definition) is 3. The van der Waals surface area contributed by atoms with Gasteiger partial charge in [-0.15, -0.1) is 0 Å². The van der Waals surface area contributed by atoms with E-state index in [0.717, 1.165) is 19.1 Å². The summed E-state index contributed by atoms with van der Waals surface area (Å²) < 4.78 is 4.60. The average molecular weight is 185 g/mol. The molecular formula is C9H15NO3. The molecule has 0 aliphatic carbocycles. The van der Waals surface area contributed by atoms with Crippen LogP contribution in [0.2, 0.25) is 0 Å². The van der Waals surface area contributed by atoms with Gasteiger partial charge in [0.05, 0.1) is 7.11 Å². The van der Waals surface area contributed by atoms with Crippen molar-refractivity contribution in [1.82, 2.24) is 4.90 Å². The number of methoxy groups -OCH3 is 1. The van der Waals surface area contributed by atoms with E-state index in [9.17, 15) is 9.59 Å². The first-order valence-corrected chi connectivity index (χ1v) is 4.54. The Morgan fingerprint density at radius 1 is 1.54 bits per heavy atom. The van der Waals surface area contributed by atoms with Crippen LogP contribution in [-0.4, -0.2) is 37.5 Å². The summed E-state index contributed by atoms with van der Waals surface area (Å²) in [5.41, 5.74) is 0. The molecule has 1 aliphatic rings. The van der Waals surface area contributed by atoms with Crippen LogP contribution in [0.4, 0.5) is 4.79 Å². The van der Waals surface area contributed by atoms with E-state index < -0.39 is 0 Å². The highest BCUT2D eigenvalue weighted by molar-refractivity contribution is 5.67. The van der Waals surface area contributed by atoms with Crippen LogP contribution in [0.25, 0.3) is 0 Å². The SMILES string of the molecule is COC(=O)N1CCC(CC=O)CC1. The Morgan fingerprint density at radius 2 is 2.15 bits per heavy atom. The van der Waals surface area contributed by atoms with Gasteiger partial charge in [0.1, 0.15) is 6.29 Å². The zero-order valence-corrected chi connectivity index (χ0v) is 7.86. The Morgan fingerprint density at radius 3 is 2.62 bits per heavy atom. The summed E-state index contributed by atoms with van der Waals surface area (Å²) in [7, 11) is 1.39. The van der Waals surface area contributed by atoms with Crippen molar-refractivity contribution in [2.75, 3.05) is 20.2 Å². The molecule has 4 nitrogen and oxygen atoms in total. The molecule has 1 fully saturated rings. The van der Waals surface area contributed by atoms with Crippen LogP contribution < -0.4 is 0 Å². The molecule has 0 aromatic heterocycles. The molecule has 0 radical (unpaired) electrons. The number of nitrogens with zero attached hydrogens (tertiary/aromatic N) is 1. The van der Waals surface area contributed by atoms with E-state index in [1.54, 1.807) is 4.90 Å². The van der Waals surface area contributed by atoms with Gasteiger partial charge in [-0.25, -0.2) is 4.79 Å². The molecule has 1 aliphatic heterocycles. The molecule has 1 rings (SSSR count). The van der Waals surface area contributed by atoms with Gasteiger partial charge in [0.15, 0.2) is 0 Å². The van der Waals surface area contributed by atoms with E-state index in [-0.39, 0.29) is 6.09 Å². The van der Waals surface area contributed by atoms with Gasteiger partial charge in [-0.05, 0) is 18.8 Å². The smallest absolute Gasteiger partial charge is 0.409 e. The third-order valence-corrected chi connectivity index (χ3v) is 2.48. The Labute approximate surface area is 77.8 Å². The Balaban J connectivity index is 2.30. The van der Waals surface area contributed by atoms with Gasteiger partial charge in [-0.1, -0.05) is 0 Å². The molecule has 4 heteroatoms. The third kappa shape index (κ3) is 2.72. The van der Waals surface area contributed by atoms with Gasteiger partial charge in [0.2, 0.25) is 0 Å². The monoisotopic (exact) mass is 185 g/mol. The molecule has 0 saturated carbocycles. The number of aldehydes is 1. The van der Waals surface area contributed by atoms with E-state index in [2.05, 4.69) is 4.74 Å². The van der Waals surface area contributed by atoms with Crippen LogP contribution in [0.15, 0.2) is 0 Å². The summed E-state index contributed by atoms with van der Waals surface area (Å²) in [6.45, 7) is 1.43. The lowest BCUT2D eigenvalue weighted by molar-refractivity contribution is -0.108. The minimum Gasteiger partial charge on any atom is -0.453 e. The molecule has 0 atom stereocenters. The summed E-state index contributed by atoms with van der Waals surface area (Å²) in [4.78, 5) is 23.0. The Hall–Kier alpha value is -1.06. The van der Waals surface area contributed by atoms with Gasteiger partial charge >= 0.3 is 6.09 Å². The van der Waals surface area contributed by atoms with Gasteiger partial charge in [-0.3, -0.25) is 0 Å². The molecular weight excluding hydrogens is 170 g/mol. The quantitative estimate of drug-likeness (QED) is 0.604. The molecule has 0 N–H and O–H groups in total. The summed E-state index contributed by atoms with van der Waals surface area (Å²) in [5, 5.41) is 0. The van der Waals surface area contributed by atoms with Gasteiger partial charge in [0.25, 0.3) is 0 Å². The van der Waals surface area contributed by atoms with Crippen LogP contribution in [0.5, 0.6) is 0 Å². The van der Waals surface area contributed by atoms with Crippen molar-refractivity contribution in [2.24, 2.45) is 5.92 Å².